The molecule has 0 atom stereocenters. The highest BCUT2D eigenvalue weighted by atomic mass is 35.5. The van der Waals surface area contributed by atoms with E-state index < -0.39 is 5.97 Å². The maximum Gasteiger partial charge on any atom is 0.337 e. The number of halogens is 1. The molecule has 1 fully saturated rings. The summed E-state index contributed by atoms with van der Waals surface area (Å²) in [5.74, 6) is -0.218. The molecule has 2 rings (SSSR count). The molecule has 1 saturated heterocycles. The molecule has 86 valence electrons. The molecule has 3 nitrogen and oxygen atoms in total. The molecular weight excluding hydrogens is 226 g/mol. The summed E-state index contributed by atoms with van der Waals surface area (Å²) in [6.07, 6.45) is 1.19. The van der Waals surface area contributed by atoms with Gasteiger partial charge in [0.1, 0.15) is 0 Å². The third kappa shape index (κ3) is 2.00. The Balaban J connectivity index is 2.13. The van der Waals surface area contributed by atoms with E-state index in [0.29, 0.717) is 5.02 Å². The van der Waals surface area contributed by atoms with Gasteiger partial charge in [0.05, 0.1) is 10.6 Å². The lowest BCUT2D eigenvalue weighted by molar-refractivity contribution is 0.0697. The Morgan fingerprint density at radius 2 is 2.25 bits per heavy atom. The molecule has 1 heterocycles. The molecule has 0 aliphatic carbocycles. The number of carbonyl (C=O) groups is 1. The quantitative estimate of drug-likeness (QED) is 0.882. The molecule has 1 aromatic rings. The van der Waals surface area contributed by atoms with Gasteiger partial charge in [-0.25, -0.2) is 4.79 Å². The van der Waals surface area contributed by atoms with Crippen molar-refractivity contribution in [3.8, 4) is 0 Å². The minimum absolute atomic E-state index is 0.165. The molecular formula is C12H14ClNO2. The van der Waals surface area contributed by atoms with Crippen molar-refractivity contribution in [2.45, 2.75) is 13.3 Å². The Morgan fingerprint density at radius 1 is 1.56 bits per heavy atom. The molecule has 1 aromatic carbocycles. The maximum absolute atomic E-state index is 10.8. The Hall–Kier alpha value is -1.22. The number of benzene rings is 1. The van der Waals surface area contributed by atoms with Crippen LogP contribution in [-0.2, 0) is 0 Å². The van der Waals surface area contributed by atoms with E-state index in [2.05, 4.69) is 11.8 Å². The third-order valence-electron chi connectivity index (χ3n) is 3.08. The first kappa shape index (κ1) is 11.3. The van der Waals surface area contributed by atoms with Crippen molar-refractivity contribution in [1.29, 1.82) is 0 Å². The molecule has 0 saturated carbocycles. The SMILES string of the molecule is CCC1CN(c2ccc(C(=O)O)c(Cl)c2)C1. The highest BCUT2D eigenvalue weighted by Crippen LogP contribution is 2.29. The van der Waals surface area contributed by atoms with E-state index in [0.717, 1.165) is 24.7 Å². The zero-order chi connectivity index (χ0) is 11.7. The summed E-state index contributed by atoms with van der Waals surface area (Å²) in [5, 5.41) is 9.16. The van der Waals surface area contributed by atoms with Gasteiger partial charge in [-0.2, -0.15) is 0 Å². The molecule has 0 bridgehead atoms. The summed E-state index contributed by atoms with van der Waals surface area (Å²) in [6, 6.07) is 5.12. The van der Waals surface area contributed by atoms with Crippen LogP contribution in [0.15, 0.2) is 18.2 Å². The molecule has 0 unspecified atom stereocenters. The van der Waals surface area contributed by atoms with Crippen LogP contribution >= 0.6 is 11.6 Å². The van der Waals surface area contributed by atoms with E-state index in [1.165, 1.54) is 6.42 Å². The molecule has 0 spiro atoms. The van der Waals surface area contributed by atoms with Gasteiger partial charge in [-0.3, -0.25) is 0 Å². The van der Waals surface area contributed by atoms with Gasteiger partial charge in [0.25, 0.3) is 0 Å². The normalized spacial score (nSPS) is 16.0. The second-order valence-electron chi connectivity index (χ2n) is 4.15. The average Bonchev–Trinajstić information content (AvgIpc) is 2.15. The Kier molecular flexibility index (Phi) is 3.06. The van der Waals surface area contributed by atoms with Gasteiger partial charge in [-0.15, -0.1) is 0 Å². The zero-order valence-electron chi connectivity index (χ0n) is 9.11. The van der Waals surface area contributed by atoms with Crippen molar-refractivity contribution in [2.75, 3.05) is 18.0 Å². The summed E-state index contributed by atoms with van der Waals surface area (Å²) < 4.78 is 0. The number of carboxylic acids is 1. The lowest BCUT2D eigenvalue weighted by Gasteiger charge is -2.40. The Bertz CT molecular complexity index is 413. The van der Waals surface area contributed by atoms with Crippen molar-refractivity contribution < 1.29 is 9.90 Å². The average molecular weight is 240 g/mol. The van der Waals surface area contributed by atoms with Gasteiger partial charge in [-0.1, -0.05) is 18.5 Å². The van der Waals surface area contributed by atoms with E-state index in [-0.39, 0.29) is 5.56 Å². The van der Waals surface area contributed by atoms with Crippen LogP contribution in [0.3, 0.4) is 0 Å². The predicted octanol–water partition coefficient (Wildman–Crippen LogP) is 2.88. The van der Waals surface area contributed by atoms with Crippen molar-refractivity contribution in [3.05, 3.63) is 28.8 Å². The fraction of sp³-hybridized carbons (Fsp3) is 0.417. The summed E-state index contributed by atoms with van der Waals surface area (Å²) in [7, 11) is 0. The number of rotatable bonds is 3. The molecule has 0 radical (unpaired) electrons. The van der Waals surface area contributed by atoms with E-state index in [9.17, 15) is 4.79 Å². The molecule has 0 amide bonds. The van der Waals surface area contributed by atoms with E-state index in [1.54, 1.807) is 12.1 Å². The van der Waals surface area contributed by atoms with Gasteiger partial charge < -0.3 is 10.0 Å². The smallest absolute Gasteiger partial charge is 0.337 e. The van der Waals surface area contributed by atoms with E-state index in [1.807, 2.05) is 6.07 Å². The van der Waals surface area contributed by atoms with Gasteiger partial charge in [0.2, 0.25) is 0 Å². The van der Waals surface area contributed by atoms with Crippen LogP contribution in [0.5, 0.6) is 0 Å². The number of nitrogens with zero attached hydrogens (tertiary/aromatic N) is 1. The molecule has 0 aromatic heterocycles. The van der Waals surface area contributed by atoms with Crippen LogP contribution in [0.25, 0.3) is 0 Å². The molecule has 1 N–H and O–H groups in total. The van der Waals surface area contributed by atoms with Crippen molar-refractivity contribution >= 4 is 23.3 Å². The standard InChI is InChI=1S/C12H14ClNO2/c1-2-8-6-14(7-8)9-3-4-10(12(15)16)11(13)5-9/h3-5,8H,2,6-7H2,1H3,(H,15,16). The van der Waals surface area contributed by atoms with Crippen LogP contribution in [0, 0.1) is 5.92 Å². The van der Waals surface area contributed by atoms with Crippen molar-refractivity contribution in [1.82, 2.24) is 0 Å². The first-order chi connectivity index (χ1) is 7.61. The molecule has 1 aliphatic rings. The second-order valence-corrected chi connectivity index (χ2v) is 4.56. The van der Waals surface area contributed by atoms with Crippen LogP contribution in [-0.4, -0.2) is 24.2 Å². The minimum atomic E-state index is -0.980. The topological polar surface area (TPSA) is 40.5 Å². The number of carboxylic acid groups (broad SMARTS) is 1. The van der Waals surface area contributed by atoms with Gasteiger partial charge >= 0.3 is 5.97 Å². The highest BCUT2D eigenvalue weighted by molar-refractivity contribution is 6.33. The lowest BCUT2D eigenvalue weighted by Crippen LogP contribution is -2.46. The first-order valence-corrected chi connectivity index (χ1v) is 5.77. The number of hydrogen-bond donors (Lipinski definition) is 1. The number of anilines is 1. The van der Waals surface area contributed by atoms with Crippen molar-refractivity contribution in [3.63, 3.8) is 0 Å². The molecule has 1 aliphatic heterocycles. The minimum Gasteiger partial charge on any atom is -0.478 e. The van der Waals surface area contributed by atoms with Crippen LogP contribution in [0.4, 0.5) is 5.69 Å². The number of aromatic carboxylic acids is 1. The molecule has 16 heavy (non-hydrogen) atoms. The van der Waals surface area contributed by atoms with E-state index >= 15 is 0 Å². The summed E-state index contributed by atoms with van der Waals surface area (Å²) in [6.45, 7) is 4.26. The van der Waals surface area contributed by atoms with E-state index in [4.69, 9.17) is 16.7 Å². The van der Waals surface area contributed by atoms with Gasteiger partial charge in [0, 0.05) is 18.8 Å². The zero-order valence-corrected chi connectivity index (χ0v) is 9.87. The second kappa shape index (κ2) is 4.34. The largest absolute Gasteiger partial charge is 0.478 e. The Morgan fingerprint density at radius 3 is 2.75 bits per heavy atom. The van der Waals surface area contributed by atoms with Gasteiger partial charge in [0.15, 0.2) is 0 Å². The highest BCUT2D eigenvalue weighted by Gasteiger charge is 2.25. The fourth-order valence-corrected chi connectivity index (χ4v) is 2.17. The monoisotopic (exact) mass is 239 g/mol. The van der Waals surface area contributed by atoms with Crippen LogP contribution < -0.4 is 4.90 Å². The Labute approximate surface area is 99.6 Å². The summed E-state index contributed by atoms with van der Waals surface area (Å²) in [4.78, 5) is 13.0. The number of hydrogen-bond acceptors (Lipinski definition) is 2. The third-order valence-corrected chi connectivity index (χ3v) is 3.40. The molecule has 4 heteroatoms. The van der Waals surface area contributed by atoms with Crippen LogP contribution in [0.2, 0.25) is 5.02 Å². The van der Waals surface area contributed by atoms with Crippen molar-refractivity contribution in [2.24, 2.45) is 5.92 Å². The first-order valence-electron chi connectivity index (χ1n) is 5.39. The lowest BCUT2D eigenvalue weighted by atomic mass is 9.96. The fourth-order valence-electron chi connectivity index (χ4n) is 1.91. The predicted molar refractivity (Wildman–Crippen MR) is 64.4 cm³/mol. The summed E-state index contributed by atoms with van der Waals surface area (Å²) >= 11 is 5.91. The van der Waals surface area contributed by atoms with Crippen LogP contribution in [0.1, 0.15) is 23.7 Å². The van der Waals surface area contributed by atoms with Gasteiger partial charge in [-0.05, 0) is 30.5 Å². The summed E-state index contributed by atoms with van der Waals surface area (Å²) in [5.41, 5.74) is 1.18. The maximum atomic E-state index is 10.8.